The van der Waals surface area contributed by atoms with Crippen LogP contribution < -0.4 is 14.4 Å². The van der Waals surface area contributed by atoms with Crippen molar-refractivity contribution in [3.63, 3.8) is 0 Å². The van der Waals surface area contributed by atoms with Gasteiger partial charge in [0, 0.05) is 26.2 Å². The Morgan fingerprint density at radius 1 is 1.00 bits per heavy atom. The highest BCUT2D eigenvalue weighted by Gasteiger charge is 2.27. The molecule has 2 aromatic rings. The van der Waals surface area contributed by atoms with E-state index in [2.05, 4.69) is 24.0 Å². The molecule has 1 amide bonds. The molecule has 2 aromatic carbocycles. The Morgan fingerprint density at radius 2 is 1.68 bits per heavy atom. The van der Waals surface area contributed by atoms with Crippen molar-refractivity contribution < 1.29 is 14.3 Å². The smallest absolute Gasteiger partial charge is 0.263 e. The Kier molecular flexibility index (Phi) is 6.12. The Labute approximate surface area is 167 Å². The topological polar surface area (TPSA) is 42.0 Å². The molecule has 0 saturated carbocycles. The first-order valence-corrected chi connectivity index (χ1v) is 9.82. The number of nitrogens with zero attached hydrogens (tertiary/aromatic N) is 2. The van der Waals surface area contributed by atoms with Crippen molar-refractivity contribution in [3.8, 4) is 11.5 Å². The second-order valence-electron chi connectivity index (χ2n) is 7.45. The molecule has 0 aliphatic carbocycles. The van der Waals surface area contributed by atoms with Crippen molar-refractivity contribution in [3.05, 3.63) is 53.1 Å². The normalized spacial score (nSPS) is 15.3. The molecule has 0 radical (unpaired) electrons. The van der Waals surface area contributed by atoms with Gasteiger partial charge in [0.1, 0.15) is 11.5 Å². The number of aryl methyl sites for hydroxylation is 2. The van der Waals surface area contributed by atoms with E-state index in [9.17, 15) is 4.79 Å². The Hall–Kier alpha value is -2.69. The average Bonchev–Trinajstić information content (AvgIpc) is 2.71. The maximum absolute atomic E-state index is 12.9. The van der Waals surface area contributed by atoms with Crippen LogP contribution in [-0.4, -0.2) is 50.2 Å². The highest BCUT2D eigenvalue weighted by Crippen LogP contribution is 2.29. The lowest BCUT2D eigenvalue weighted by molar-refractivity contribution is -0.138. The number of para-hydroxylation sites is 2. The van der Waals surface area contributed by atoms with Gasteiger partial charge in [0.05, 0.1) is 12.8 Å². The van der Waals surface area contributed by atoms with Crippen molar-refractivity contribution in [2.45, 2.75) is 33.8 Å². The van der Waals surface area contributed by atoms with Gasteiger partial charge in [-0.15, -0.1) is 0 Å². The molecule has 0 bridgehead atoms. The van der Waals surface area contributed by atoms with E-state index >= 15 is 0 Å². The predicted octanol–water partition coefficient (Wildman–Crippen LogP) is 3.74. The molecule has 1 aliphatic heterocycles. The van der Waals surface area contributed by atoms with Crippen LogP contribution in [0.15, 0.2) is 36.4 Å². The molecule has 5 nitrogen and oxygen atoms in total. The average molecular weight is 383 g/mol. The quantitative estimate of drug-likeness (QED) is 0.790. The van der Waals surface area contributed by atoms with Gasteiger partial charge >= 0.3 is 0 Å². The fraction of sp³-hybridized carbons (Fsp3) is 0.435. The summed E-state index contributed by atoms with van der Waals surface area (Å²) < 4.78 is 11.5. The second kappa shape index (κ2) is 8.55. The lowest BCUT2D eigenvalue weighted by Gasteiger charge is -2.37. The van der Waals surface area contributed by atoms with E-state index in [1.165, 1.54) is 5.56 Å². The number of carbonyl (C=O) groups excluding carboxylic acids is 1. The third-order valence-electron chi connectivity index (χ3n) is 5.43. The summed E-state index contributed by atoms with van der Waals surface area (Å²) in [6, 6.07) is 12.1. The van der Waals surface area contributed by atoms with Crippen molar-refractivity contribution in [2.24, 2.45) is 0 Å². The van der Waals surface area contributed by atoms with Crippen LogP contribution in [0.5, 0.6) is 11.5 Å². The lowest BCUT2D eigenvalue weighted by atomic mass is 10.1. The van der Waals surface area contributed by atoms with E-state index in [1.54, 1.807) is 7.11 Å². The lowest BCUT2D eigenvalue weighted by Crippen LogP contribution is -2.52. The minimum absolute atomic E-state index is 0.0400. The summed E-state index contributed by atoms with van der Waals surface area (Å²) >= 11 is 0. The van der Waals surface area contributed by atoms with Gasteiger partial charge in [-0.05, 0) is 62.6 Å². The molecular formula is C23H30N2O3. The van der Waals surface area contributed by atoms with Gasteiger partial charge < -0.3 is 19.3 Å². The number of benzene rings is 2. The zero-order valence-corrected chi connectivity index (χ0v) is 17.5. The predicted molar refractivity (Wildman–Crippen MR) is 113 cm³/mol. The molecule has 5 heteroatoms. The molecule has 0 unspecified atom stereocenters. The number of rotatable bonds is 5. The number of carbonyl (C=O) groups is 1. The number of anilines is 1. The van der Waals surface area contributed by atoms with Crippen molar-refractivity contribution >= 4 is 11.6 Å². The van der Waals surface area contributed by atoms with Crippen LogP contribution in [0.4, 0.5) is 5.69 Å². The third kappa shape index (κ3) is 4.24. The summed E-state index contributed by atoms with van der Waals surface area (Å²) in [7, 11) is 1.69. The highest BCUT2D eigenvalue weighted by atomic mass is 16.5. The number of hydrogen-bond acceptors (Lipinski definition) is 4. The van der Waals surface area contributed by atoms with Crippen LogP contribution in [0.2, 0.25) is 0 Å². The van der Waals surface area contributed by atoms with Crippen molar-refractivity contribution in [2.75, 3.05) is 38.2 Å². The Bertz CT molecular complexity index is 842. The van der Waals surface area contributed by atoms with Crippen LogP contribution in [0.3, 0.4) is 0 Å². The first-order chi connectivity index (χ1) is 13.4. The second-order valence-corrected chi connectivity index (χ2v) is 7.45. The summed E-state index contributed by atoms with van der Waals surface area (Å²) in [4.78, 5) is 17.1. The van der Waals surface area contributed by atoms with Gasteiger partial charge in [-0.25, -0.2) is 0 Å². The number of methoxy groups -OCH3 is 1. The molecule has 150 valence electrons. The van der Waals surface area contributed by atoms with Gasteiger partial charge in [-0.2, -0.15) is 0 Å². The van der Waals surface area contributed by atoms with Gasteiger partial charge in [0.2, 0.25) is 0 Å². The molecule has 1 saturated heterocycles. The minimum Gasteiger partial charge on any atom is -0.495 e. The van der Waals surface area contributed by atoms with E-state index in [0.29, 0.717) is 13.1 Å². The Balaban J connectivity index is 1.62. The van der Waals surface area contributed by atoms with E-state index in [4.69, 9.17) is 9.47 Å². The molecule has 0 spiro atoms. The van der Waals surface area contributed by atoms with Crippen LogP contribution in [-0.2, 0) is 4.79 Å². The van der Waals surface area contributed by atoms with Crippen molar-refractivity contribution in [1.82, 2.24) is 4.90 Å². The maximum Gasteiger partial charge on any atom is 0.263 e. The van der Waals surface area contributed by atoms with Gasteiger partial charge in [0.25, 0.3) is 5.91 Å². The first-order valence-electron chi connectivity index (χ1n) is 9.82. The number of piperazine rings is 1. The summed E-state index contributed by atoms with van der Waals surface area (Å²) in [5.74, 6) is 1.70. The fourth-order valence-electron chi connectivity index (χ4n) is 3.68. The molecule has 28 heavy (non-hydrogen) atoms. The van der Waals surface area contributed by atoms with Gasteiger partial charge in [-0.3, -0.25) is 4.79 Å². The summed E-state index contributed by atoms with van der Waals surface area (Å²) in [6.45, 7) is 10.9. The van der Waals surface area contributed by atoms with Crippen LogP contribution in [0.1, 0.15) is 23.6 Å². The van der Waals surface area contributed by atoms with E-state index in [0.717, 1.165) is 41.4 Å². The monoisotopic (exact) mass is 382 g/mol. The molecule has 1 aliphatic rings. The standard InChI is InChI=1S/C23H30N2O3/c1-16-14-17(2)18(3)22(15-16)28-19(4)23(26)25-12-10-24(11-13-25)20-8-6-7-9-21(20)27-5/h6-9,14-15,19H,10-13H2,1-5H3/t19-/m1/s1. The van der Waals surface area contributed by atoms with Crippen molar-refractivity contribution in [1.29, 1.82) is 0 Å². The van der Waals surface area contributed by atoms with Crippen LogP contribution in [0, 0.1) is 20.8 Å². The third-order valence-corrected chi connectivity index (χ3v) is 5.43. The highest BCUT2D eigenvalue weighted by molar-refractivity contribution is 5.81. The van der Waals surface area contributed by atoms with Gasteiger partial charge in [-0.1, -0.05) is 18.2 Å². The molecule has 3 rings (SSSR count). The zero-order valence-electron chi connectivity index (χ0n) is 17.5. The molecule has 0 N–H and O–H groups in total. The zero-order chi connectivity index (χ0) is 20.3. The fourth-order valence-corrected chi connectivity index (χ4v) is 3.68. The summed E-state index contributed by atoms with van der Waals surface area (Å²) in [6.07, 6.45) is -0.502. The molecule has 0 aromatic heterocycles. The van der Waals surface area contributed by atoms with Crippen LogP contribution >= 0.6 is 0 Å². The van der Waals surface area contributed by atoms with Gasteiger partial charge in [0.15, 0.2) is 6.10 Å². The minimum atomic E-state index is -0.502. The maximum atomic E-state index is 12.9. The molecule has 1 fully saturated rings. The Morgan fingerprint density at radius 3 is 2.36 bits per heavy atom. The first kappa shape index (κ1) is 20.1. The largest absolute Gasteiger partial charge is 0.495 e. The summed E-state index contributed by atoms with van der Waals surface area (Å²) in [5.41, 5.74) is 4.49. The number of hydrogen-bond donors (Lipinski definition) is 0. The number of ether oxygens (including phenoxy) is 2. The van der Waals surface area contributed by atoms with Crippen LogP contribution in [0.25, 0.3) is 0 Å². The molecular weight excluding hydrogens is 352 g/mol. The number of amides is 1. The summed E-state index contributed by atoms with van der Waals surface area (Å²) in [5, 5.41) is 0. The van der Waals surface area contributed by atoms with E-state index < -0.39 is 6.10 Å². The molecule has 1 heterocycles. The van der Waals surface area contributed by atoms with E-state index in [-0.39, 0.29) is 5.91 Å². The van der Waals surface area contributed by atoms with E-state index in [1.807, 2.05) is 49.9 Å². The SMILES string of the molecule is COc1ccccc1N1CCN(C(=O)[C@@H](C)Oc2cc(C)cc(C)c2C)CC1. The molecule has 1 atom stereocenters.